The van der Waals surface area contributed by atoms with E-state index in [1.807, 2.05) is 18.2 Å². The van der Waals surface area contributed by atoms with Crippen LogP contribution in [0.3, 0.4) is 0 Å². The zero-order valence-corrected chi connectivity index (χ0v) is 11.7. The second-order valence-electron chi connectivity index (χ2n) is 4.99. The topological polar surface area (TPSA) is 45.5 Å². The van der Waals surface area contributed by atoms with Crippen LogP contribution in [0.25, 0.3) is 0 Å². The van der Waals surface area contributed by atoms with E-state index in [0.29, 0.717) is 17.4 Å². The molecule has 1 heterocycles. The molecule has 1 aromatic rings. The van der Waals surface area contributed by atoms with Gasteiger partial charge in [0.25, 0.3) is 0 Å². The third-order valence-electron chi connectivity index (χ3n) is 3.72. The largest absolute Gasteiger partial charge is 0.495 e. The average molecular weight is 260 g/mol. The molecule has 0 amide bonds. The Balaban J connectivity index is 2.09. The summed E-state index contributed by atoms with van der Waals surface area (Å²) in [6, 6.07) is 8.33. The van der Waals surface area contributed by atoms with Gasteiger partial charge in [-0.1, -0.05) is 6.07 Å². The molecule has 0 spiro atoms. The normalized spacial score (nSPS) is 22.5. The first-order valence-electron chi connectivity index (χ1n) is 6.54. The number of likely N-dealkylation sites (N-methyl/N-ethyl adjacent to an activating group) is 1. The van der Waals surface area contributed by atoms with Crippen LogP contribution in [0.5, 0.6) is 5.75 Å². The Morgan fingerprint density at radius 2 is 2.32 bits per heavy atom. The smallest absolute Gasteiger partial charge is 0.136 e. The lowest BCUT2D eigenvalue weighted by Crippen LogP contribution is -2.36. The van der Waals surface area contributed by atoms with E-state index in [4.69, 9.17) is 14.7 Å². The summed E-state index contributed by atoms with van der Waals surface area (Å²) >= 11 is 0. The Morgan fingerprint density at radius 3 is 2.89 bits per heavy atom. The summed E-state index contributed by atoms with van der Waals surface area (Å²) < 4.78 is 10.8. The predicted molar refractivity (Wildman–Crippen MR) is 73.0 cm³/mol. The van der Waals surface area contributed by atoms with Crippen LogP contribution in [0.2, 0.25) is 0 Å². The van der Waals surface area contributed by atoms with Gasteiger partial charge in [-0.3, -0.25) is 4.90 Å². The van der Waals surface area contributed by atoms with Crippen molar-refractivity contribution < 1.29 is 9.47 Å². The van der Waals surface area contributed by atoms with E-state index in [1.54, 1.807) is 7.11 Å². The number of benzene rings is 1. The van der Waals surface area contributed by atoms with E-state index in [2.05, 4.69) is 24.9 Å². The molecule has 4 nitrogen and oxygen atoms in total. The van der Waals surface area contributed by atoms with E-state index in [1.165, 1.54) is 0 Å². The fourth-order valence-corrected chi connectivity index (χ4v) is 2.63. The van der Waals surface area contributed by atoms with E-state index in [-0.39, 0.29) is 6.10 Å². The van der Waals surface area contributed by atoms with Crippen LogP contribution in [0, 0.1) is 11.3 Å². The molecule has 2 atom stereocenters. The highest BCUT2D eigenvalue weighted by Crippen LogP contribution is 2.23. The summed E-state index contributed by atoms with van der Waals surface area (Å²) in [5.74, 6) is 0.643. The lowest BCUT2D eigenvalue weighted by molar-refractivity contribution is 0.0814. The molecule has 1 aromatic carbocycles. The van der Waals surface area contributed by atoms with Gasteiger partial charge in [0.05, 0.1) is 18.8 Å². The third-order valence-corrected chi connectivity index (χ3v) is 3.72. The second-order valence-corrected chi connectivity index (χ2v) is 4.99. The maximum absolute atomic E-state index is 8.97. The van der Waals surface area contributed by atoms with Gasteiger partial charge >= 0.3 is 0 Å². The van der Waals surface area contributed by atoms with Gasteiger partial charge in [-0.15, -0.1) is 0 Å². The van der Waals surface area contributed by atoms with Gasteiger partial charge in [0.2, 0.25) is 0 Å². The molecule has 1 aliphatic rings. The molecule has 0 radical (unpaired) electrons. The van der Waals surface area contributed by atoms with E-state index in [9.17, 15) is 0 Å². The summed E-state index contributed by atoms with van der Waals surface area (Å²) in [6.07, 6.45) is 1.36. The van der Waals surface area contributed by atoms with Crippen LogP contribution in [0.15, 0.2) is 18.2 Å². The van der Waals surface area contributed by atoms with Crippen LogP contribution in [0.4, 0.5) is 0 Å². The van der Waals surface area contributed by atoms with E-state index in [0.717, 1.165) is 25.1 Å². The highest BCUT2D eigenvalue weighted by Gasteiger charge is 2.27. The Bertz CT molecular complexity index is 482. The minimum atomic E-state index is 0.283. The Labute approximate surface area is 114 Å². The van der Waals surface area contributed by atoms with Crippen molar-refractivity contribution in [1.29, 1.82) is 5.26 Å². The number of rotatable bonds is 4. The molecule has 19 heavy (non-hydrogen) atoms. The first kappa shape index (κ1) is 13.9. The van der Waals surface area contributed by atoms with E-state index >= 15 is 0 Å². The third kappa shape index (κ3) is 3.06. The Morgan fingerprint density at radius 1 is 1.53 bits per heavy atom. The zero-order chi connectivity index (χ0) is 13.8. The molecule has 0 saturated carbocycles. The molecule has 1 aliphatic heterocycles. The van der Waals surface area contributed by atoms with Gasteiger partial charge < -0.3 is 9.47 Å². The van der Waals surface area contributed by atoms with Gasteiger partial charge in [-0.2, -0.15) is 5.26 Å². The number of ether oxygens (including phenoxy) is 2. The molecule has 0 bridgehead atoms. The highest BCUT2D eigenvalue weighted by atomic mass is 16.5. The highest BCUT2D eigenvalue weighted by molar-refractivity contribution is 5.45. The lowest BCUT2D eigenvalue weighted by Gasteiger charge is -2.26. The first-order valence-corrected chi connectivity index (χ1v) is 6.54. The van der Waals surface area contributed by atoms with Crippen molar-refractivity contribution in [2.24, 2.45) is 0 Å². The minimum Gasteiger partial charge on any atom is -0.495 e. The van der Waals surface area contributed by atoms with Crippen molar-refractivity contribution in [2.75, 3.05) is 20.8 Å². The molecule has 0 N–H and O–H groups in total. The summed E-state index contributed by atoms with van der Waals surface area (Å²) in [6.45, 7) is 3.79. The predicted octanol–water partition coefficient (Wildman–Crippen LogP) is 2.18. The average Bonchev–Trinajstić information content (AvgIpc) is 2.85. The van der Waals surface area contributed by atoms with E-state index < -0.39 is 0 Å². The fourth-order valence-electron chi connectivity index (χ4n) is 2.63. The molecular formula is C15H20N2O2. The Kier molecular flexibility index (Phi) is 4.41. The molecule has 4 heteroatoms. The van der Waals surface area contributed by atoms with Gasteiger partial charge in [0.1, 0.15) is 11.8 Å². The summed E-state index contributed by atoms with van der Waals surface area (Å²) in [5, 5.41) is 8.97. The second kappa shape index (κ2) is 6.05. The van der Waals surface area contributed by atoms with Gasteiger partial charge in [-0.05, 0) is 38.1 Å². The molecule has 1 fully saturated rings. The van der Waals surface area contributed by atoms with Crippen molar-refractivity contribution in [1.82, 2.24) is 4.90 Å². The van der Waals surface area contributed by atoms with Crippen LogP contribution >= 0.6 is 0 Å². The van der Waals surface area contributed by atoms with Crippen molar-refractivity contribution in [3.63, 3.8) is 0 Å². The fraction of sp³-hybridized carbons (Fsp3) is 0.533. The number of methoxy groups -OCH3 is 1. The zero-order valence-electron chi connectivity index (χ0n) is 11.7. The maximum atomic E-state index is 8.97. The number of hydrogen-bond donors (Lipinski definition) is 0. The molecule has 2 unspecified atom stereocenters. The summed E-state index contributed by atoms with van der Waals surface area (Å²) in [5.41, 5.74) is 1.73. The van der Waals surface area contributed by atoms with Crippen molar-refractivity contribution in [3.05, 3.63) is 29.3 Å². The van der Waals surface area contributed by atoms with Crippen molar-refractivity contribution in [2.45, 2.75) is 32.0 Å². The maximum Gasteiger partial charge on any atom is 0.136 e. The minimum absolute atomic E-state index is 0.283. The summed E-state index contributed by atoms with van der Waals surface area (Å²) in [4.78, 5) is 2.30. The number of nitriles is 1. The van der Waals surface area contributed by atoms with Gasteiger partial charge in [-0.25, -0.2) is 0 Å². The van der Waals surface area contributed by atoms with Crippen LogP contribution in [-0.4, -0.2) is 37.8 Å². The molecule has 0 aliphatic carbocycles. The monoisotopic (exact) mass is 260 g/mol. The molecule has 1 saturated heterocycles. The quantitative estimate of drug-likeness (QED) is 0.832. The molecule has 0 aromatic heterocycles. The first-order chi connectivity index (χ1) is 9.15. The molecule has 2 rings (SSSR count). The van der Waals surface area contributed by atoms with Crippen molar-refractivity contribution >= 4 is 0 Å². The Hall–Kier alpha value is -1.57. The van der Waals surface area contributed by atoms with Gasteiger partial charge in [0.15, 0.2) is 0 Å². The van der Waals surface area contributed by atoms with Crippen molar-refractivity contribution in [3.8, 4) is 11.8 Å². The van der Waals surface area contributed by atoms with Crippen LogP contribution < -0.4 is 4.74 Å². The SMILES string of the molecule is COc1cc(CN(C)C2CCOC2C)ccc1C#N. The lowest BCUT2D eigenvalue weighted by atomic mass is 10.1. The molecule has 102 valence electrons. The molecular weight excluding hydrogens is 240 g/mol. The number of hydrogen-bond acceptors (Lipinski definition) is 4. The number of nitrogens with zero attached hydrogens (tertiary/aromatic N) is 2. The van der Waals surface area contributed by atoms with Crippen LogP contribution in [0.1, 0.15) is 24.5 Å². The standard InChI is InChI=1S/C15H20N2O2/c1-11-14(6-7-19-11)17(2)10-12-4-5-13(9-16)15(8-12)18-3/h4-5,8,11,14H,6-7,10H2,1-3H3. The summed E-state index contributed by atoms with van der Waals surface area (Å²) in [7, 11) is 3.71. The van der Waals surface area contributed by atoms with Crippen LogP contribution in [-0.2, 0) is 11.3 Å². The van der Waals surface area contributed by atoms with Gasteiger partial charge in [0, 0.05) is 19.2 Å².